The quantitative estimate of drug-likeness (QED) is 0.735. The minimum atomic E-state index is -3.34. The molecule has 2 aromatic carbocycles. The first-order valence-electron chi connectivity index (χ1n) is 8.19. The maximum atomic E-state index is 12.1. The molecule has 6 nitrogen and oxygen atoms in total. The van der Waals surface area contributed by atoms with Crippen molar-refractivity contribution in [1.29, 1.82) is 0 Å². The summed E-state index contributed by atoms with van der Waals surface area (Å²) in [6.07, 6.45) is -0.0196. The third-order valence-corrected chi connectivity index (χ3v) is 5.74. The Kier molecular flexibility index (Phi) is 6.52. The van der Waals surface area contributed by atoms with Gasteiger partial charge in [-0.05, 0) is 23.3 Å². The fourth-order valence-corrected chi connectivity index (χ4v) is 3.46. The average molecular weight is 375 g/mol. The van der Waals surface area contributed by atoms with Crippen molar-refractivity contribution < 1.29 is 23.1 Å². The Labute approximate surface area is 152 Å². The van der Waals surface area contributed by atoms with E-state index >= 15 is 0 Å². The van der Waals surface area contributed by atoms with E-state index < -0.39 is 21.7 Å². The predicted molar refractivity (Wildman–Crippen MR) is 97.7 cm³/mol. The van der Waals surface area contributed by atoms with E-state index in [1.165, 1.54) is 12.1 Å². The Balaban J connectivity index is 2.02. The van der Waals surface area contributed by atoms with Crippen LogP contribution in [-0.2, 0) is 25.8 Å². The summed E-state index contributed by atoms with van der Waals surface area (Å²) in [4.78, 5) is 23.8. The molecule has 0 bridgehead atoms. The fourth-order valence-electron chi connectivity index (χ4n) is 2.51. The van der Waals surface area contributed by atoms with Crippen LogP contribution in [0, 0.1) is 0 Å². The first kappa shape index (κ1) is 19.7. The van der Waals surface area contributed by atoms with E-state index in [1.807, 2.05) is 0 Å². The number of aliphatic carboxylic acids is 1. The second-order valence-electron chi connectivity index (χ2n) is 5.83. The number of amides is 1. The van der Waals surface area contributed by atoms with Gasteiger partial charge in [-0.15, -0.1) is 0 Å². The summed E-state index contributed by atoms with van der Waals surface area (Å²) in [5.41, 5.74) is 1.17. The molecular formula is C19H21NO5S. The van der Waals surface area contributed by atoms with Crippen molar-refractivity contribution in [3.05, 3.63) is 65.7 Å². The van der Waals surface area contributed by atoms with Crippen molar-refractivity contribution in [2.45, 2.75) is 24.2 Å². The topological polar surface area (TPSA) is 101 Å². The molecular weight excluding hydrogens is 354 g/mol. The molecule has 1 unspecified atom stereocenters. The van der Waals surface area contributed by atoms with Crippen LogP contribution in [0.15, 0.2) is 59.5 Å². The minimum absolute atomic E-state index is 0.0139. The van der Waals surface area contributed by atoms with Crippen molar-refractivity contribution in [1.82, 2.24) is 5.32 Å². The molecule has 0 aromatic heterocycles. The predicted octanol–water partition coefficient (Wildman–Crippen LogP) is 2.01. The Bertz CT molecular complexity index is 878. The first-order valence-corrected chi connectivity index (χ1v) is 9.85. The molecule has 0 aliphatic rings. The van der Waals surface area contributed by atoms with E-state index in [2.05, 4.69) is 5.32 Å². The van der Waals surface area contributed by atoms with Gasteiger partial charge in [-0.25, -0.2) is 8.42 Å². The van der Waals surface area contributed by atoms with Crippen molar-refractivity contribution in [2.75, 3.05) is 12.3 Å². The van der Waals surface area contributed by atoms with Crippen LogP contribution in [0.1, 0.15) is 24.0 Å². The monoisotopic (exact) mass is 375 g/mol. The lowest BCUT2D eigenvalue weighted by Crippen LogP contribution is -2.32. The zero-order chi connectivity index (χ0) is 19.2. The first-order chi connectivity index (χ1) is 12.3. The molecule has 1 atom stereocenters. The summed E-state index contributed by atoms with van der Waals surface area (Å²) < 4.78 is 23.8. The molecule has 0 saturated carbocycles. The number of benzene rings is 2. The lowest BCUT2D eigenvalue weighted by atomic mass is 9.99. The molecule has 1 amide bonds. The van der Waals surface area contributed by atoms with Gasteiger partial charge in [0.05, 0.1) is 23.0 Å². The van der Waals surface area contributed by atoms with Crippen LogP contribution < -0.4 is 5.32 Å². The highest BCUT2D eigenvalue weighted by Gasteiger charge is 2.20. The van der Waals surface area contributed by atoms with Crippen LogP contribution in [0.25, 0.3) is 0 Å². The molecule has 2 aromatic rings. The van der Waals surface area contributed by atoms with Gasteiger partial charge < -0.3 is 10.4 Å². The molecule has 2 N–H and O–H groups in total. The van der Waals surface area contributed by atoms with Gasteiger partial charge in [0.2, 0.25) is 5.91 Å². The van der Waals surface area contributed by atoms with Crippen LogP contribution in [0.2, 0.25) is 0 Å². The van der Waals surface area contributed by atoms with Gasteiger partial charge >= 0.3 is 5.97 Å². The van der Waals surface area contributed by atoms with Crippen LogP contribution in [0.4, 0.5) is 0 Å². The van der Waals surface area contributed by atoms with Crippen molar-refractivity contribution in [2.24, 2.45) is 0 Å². The highest BCUT2D eigenvalue weighted by atomic mass is 32.2. The van der Waals surface area contributed by atoms with E-state index in [1.54, 1.807) is 49.4 Å². The van der Waals surface area contributed by atoms with E-state index in [0.29, 0.717) is 11.1 Å². The van der Waals surface area contributed by atoms with Crippen LogP contribution in [-0.4, -0.2) is 37.7 Å². The number of carbonyl (C=O) groups is 2. The number of rotatable bonds is 8. The summed E-state index contributed by atoms with van der Waals surface area (Å²) in [7, 11) is -3.34. The van der Waals surface area contributed by atoms with E-state index in [-0.39, 0.29) is 29.5 Å². The third kappa shape index (κ3) is 5.16. The highest BCUT2D eigenvalue weighted by Crippen LogP contribution is 2.16. The lowest BCUT2D eigenvalue weighted by Gasteiger charge is -2.14. The Morgan fingerprint density at radius 1 is 1.08 bits per heavy atom. The van der Waals surface area contributed by atoms with Gasteiger partial charge in [0.15, 0.2) is 9.84 Å². The molecule has 0 aliphatic heterocycles. The molecule has 0 aliphatic carbocycles. The van der Waals surface area contributed by atoms with Gasteiger partial charge in [0.1, 0.15) is 0 Å². The highest BCUT2D eigenvalue weighted by molar-refractivity contribution is 7.91. The summed E-state index contributed by atoms with van der Waals surface area (Å²) in [6.45, 7) is 1.52. The minimum Gasteiger partial charge on any atom is -0.481 e. The fraction of sp³-hybridized carbons (Fsp3) is 0.263. The maximum Gasteiger partial charge on any atom is 0.312 e. The van der Waals surface area contributed by atoms with Gasteiger partial charge in [0, 0.05) is 6.54 Å². The number of hydrogen-bond donors (Lipinski definition) is 2. The molecule has 0 fully saturated rings. The van der Waals surface area contributed by atoms with Crippen LogP contribution in [0.3, 0.4) is 0 Å². The molecule has 138 valence electrons. The van der Waals surface area contributed by atoms with Crippen LogP contribution >= 0.6 is 0 Å². The lowest BCUT2D eigenvalue weighted by molar-refractivity contribution is -0.138. The van der Waals surface area contributed by atoms with Gasteiger partial charge in [-0.2, -0.15) is 0 Å². The second-order valence-corrected chi connectivity index (χ2v) is 8.11. The molecule has 0 saturated heterocycles. The molecule has 7 heteroatoms. The normalized spacial score (nSPS) is 12.3. The summed E-state index contributed by atoms with van der Waals surface area (Å²) in [6, 6.07) is 14.9. The Morgan fingerprint density at radius 2 is 1.77 bits per heavy atom. The zero-order valence-corrected chi connectivity index (χ0v) is 15.2. The van der Waals surface area contributed by atoms with Gasteiger partial charge in [-0.3, -0.25) is 9.59 Å². The number of hydrogen-bond acceptors (Lipinski definition) is 4. The standard InChI is InChI=1S/C19H21NO5S/c1-2-26(24,25)16-10-6-7-14(11-16)12-18(21)20-13-17(19(22)23)15-8-4-3-5-9-15/h3-11,17H,2,12-13H2,1H3,(H,20,21)(H,22,23). The smallest absolute Gasteiger partial charge is 0.312 e. The maximum absolute atomic E-state index is 12.1. The Morgan fingerprint density at radius 3 is 2.38 bits per heavy atom. The number of carboxylic acid groups (broad SMARTS) is 1. The number of carbonyl (C=O) groups excluding carboxylic acids is 1. The summed E-state index contributed by atoms with van der Waals surface area (Å²) in [5.74, 6) is -2.24. The molecule has 0 spiro atoms. The average Bonchev–Trinajstić information content (AvgIpc) is 2.62. The van der Waals surface area contributed by atoms with Crippen molar-refractivity contribution in [3.8, 4) is 0 Å². The third-order valence-electron chi connectivity index (χ3n) is 4.01. The SMILES string of the molecule is CCS(=O)(=O)c1cccc(CC(=O)NCC(C(=O)O)c2ccccc2)c1. The van der Waals surface area contributed by atoms with Crippen molar-refractivity contribution >= 4 is 21.7 Å². The molecule has 0 radical (unpaired) electrons. The molecule has 2 rings (SSSR count). The summed E-state index contributed by atoms with van der Waals surface area (Å²) in [5, 5.41) is 12.0. The number of nitrogens with one attached hydrogen (secondary N) is 1. The van der Waals surface area contributed by atoms with E-state index in [0.717, 1.165) is 0 Å². The number of carboxylic acids is 1. The van der Waals surface area contributed by atoms with Gasteiger partial charge in [0.25, 0.3) is 0 Å². The largest absolute Gasteiger partial charge is 0.481 e. The van der Waals surface area contributed by atoms with Gasteiger partial charge in [-0.1, -0.05) is 49.4 Å². The molecule has 26 heavy (non-hydrogen) atoms. The van der Waals surface area contributed by atoms with Crippen LogP contribution in [0.5, 0.6) is 0 Å². The Hall–Kier alpha value is -2.67. The summed E-state index contributed by atoms with van der Waals surface area (Å²) >= 11 is 0. The van der Waals surface area contributed by atoms with E-state index in [4.69, 9.17) is 0 Å². The van der Waals surface area contributed by atoms with Crippen molar-refractivity contribution in [3.63, 3.8) is 0 Å². The van der Waals surface area contributed by atoms with E-state index in [9.17, 15) is 23.1 Å². The zero-order valence-electron chi connectivity index (χ0n) is 14.4. The second kappa shape index (κ2) is 8.62. The number of sulfone groups is 1. The molecule has 0 heterocycles.